The molecule has 0 aliphatic heterocycles. The van der Waals surface area contributed by atoms with Crippen LogP contribution in [-0.4, -0.2) is 30.1 Å². The van der Waals surface area contributed by atoms with Crippen molar-refractivity contribution in [3.63, 3.8) is 0 Å². The number of carbonyl (C=O) groups is 1. The molecule has 0 radical (unpaired) electrons. The van der Waals surface area contributed by atoms with E-state index in [9.17, 15) is 14.9 Å². The van der Waals surface area contributed by atoms with E-state index in [1.807, 2.05) is 0 Å². The van der Waals surface area contributed by atoms with Crippen LogP contribution >= 0.6 is 0 Å². The van der Waals surface area contributed by atoms with Gasteiger partial charge in [0.2, 0.25) is 0 Å². The van der Waals surface area contributed by atoms with Crippen molar-refractivity contribution in [1.29, 1.82) is 0 Å². The van der Waals surface area contributed by atoms with E-state index in [2.05, 4.69) is 0 Å². The fraction of sp³-hybridized carbons (Fsp3) is 0.462. The molecule has 0 spiro atoms. The summed E-state index contributed by atoms with van der Waals surface area (Å²) >= 11 is 0. The van der Waals surface area contributed by atoms with Gasteiger partial charge < -0.3 is 15.2 Å². The lowest BCUT2D eigenvalue weighted by atomic mass is 10.2. The van der Waals surface area contributed by atoms with E-state index in [0.29, 0.717) is 0 Å². The van der Waals surface area contributed by atoms with Crippen LogP contribution in [0.1, 0.15) is 18.9 Å². The Morgan fingerprint density at radius 3 is 2.80 bits per heavy atom. The first-order valence-electron chi connectivity index (χ1n) is 6.25. The Hall–Kier alpha value is -2.15. The zero-order valence-corrected chi connectivity index (χ0v) is 11.5. The third-order valence-corrected chi connectivity index (χ3v) is 2.59. The molecule has 2 N–H and O–H groups in total. The molecule has 7 heteroatoms. The lowest BCUT2D eigenvalue weighted by molar-refractivity contribution is -0.385. The Morgan fingerprint density at radius 1 is 1.50 bits per heavy atom. The highest BCUT2D eigenvalue weighted by Gasteiger charge is 2.17. The molecular formula is C13H18N2O5. The highest BCUT2D eigenvalue weighted by Crippen LogP contribution is 2.27. The average Bonchev–Trinajstić information content (AvgIpc) is 2.40. The summed E-state index contributed by atoms with van der Waals surface area (Å²) in [6.07, 6.45) is 0.226. The highest BCUT2D eigenvalue weighted by atomic mass is 16.6. The van der Waals surface area contributed by atoms with E-state index in [1.54, 1.807) is 19.9 Å². The Kier molecular flexibility index (Phi) is 5.92. The number of nitrogens with two attached hydrogens (primary N) is 1. The summed E-state index contributed by atoms with van der Waals surface area (Å²) in [6, 6.07) is 3.89. The first-order chi connectivity index (χ1) is 9.45. The van der Waals surface area contributed by atoms with E-state index in [-0.39, 0.29) is 31.1 Å². The Balaban J connectivity index is 2.58. The van der Waals surface area contributed by atoms with Gasteiger partial charge in [-0.25, -0.2) is 0 Å². The molecule has 110 valence electrons. The average molecular weight is 282 g/mol. The maximum Gasteiger partial charge on any atom is 0.323 e. The van der Waals surface area contributed by atoms with E-state index in [4.69, 9.17) is 15.2 Å². The minimum atomic E-state index is -0.792. The number of nitrogens with zero attached hydrogens (tertiary/aromatic N) is 1. The Bertz CT molecular complexity index is 490. The second-order valence-corrected chi connectivity index (χ2v) is 4.22. The third-order valence-electron chi connectivity index (χ3n) is 2.59. The molecule has 0 fully saturated rings. The van der Waals surface area contributed by atoms with E-state index in [1.165, 1.54) is 12.1 Å². The molecule has 0 saturated heterocycles. The van der Waals surface area contributed by atoms with Crippen LogP contribution < -0.4 is 10.5 Å². The van der Waals surface area contributed by atoms with Gasteiger partial charge in [0.05, 0.1) is 18.1 Å². The van der Waals surface area contributed by atoms with Crippen LogP contribution in [0, 0.1) is 17.0 Å². The van der Waals surface area contributed by atoms with Gasteiger partial charge in [0, 0.05) is 12.5 Å². The molecule has 0 aliphatic carbocycles. The number of hydrogen-bond acceptors (Lipinski definition) is 6. The summed E-state index contributed by atoms with van der Waals surface area (Å²) in [6.45, 7) is 3.81. The van der Waals surface area contributed by atoms with Crippen LogP contribution in [0.15, 0.2) is 18.2 Å². The van der Waals surface area contributed by atoms with Gasteiger partial charge in [-0.3, -0.25) is 14.9 Å². The van der Waals surface area contributed by atoms with Crippen LogP contribution in [0.25, 0.3) is 0 Å². The van der Waals surface area contributed by atoms with Crippen LogP contribution in [0.2, 0.25) is 0 Å². The minimum Gasteiger partial charge on any atom is -0.487 e. The summed E-state index contributed by atoms with van der Waals surface area (Å²) < 4.78 is 10.1. The SMILES string of the molecule is CCOC(=O)C(N)CCOc1ccc(C)cc1[N+](=O)[O-]. The zero-order chi connectivity index (χ0) is 15.1. The van der Waals surface area contributed by atoms with Crippen molar-refractivity contribution in [2.24, 2.45) is 5.73 Å². The van der Waals surface area contributed by atoms with E-state index in [0.717, 1.165) is 5.56 Å². The van der Waals surface area contributed by atoms with Crippen LogP contribution in [0.3, 0.4) is 0 Å². The standard InChI is InChI=1S/C13H18N2O5/c1-3-19-13(16)10(14)6-7-20-12-5-4-9(2)8-11(12)15(17)18/h4-5,8,10H,3,6-7,14H2,1-2H3. The molecular weight excluding hydrogens is 264 g/mol. The molecule has 1 atom stereocenters. The molecule has 0 saturated carbocycles. The number of esters is 1. The fourth-order valence-corrected chi connectivity index (χ4v) is 1.56. The quantitative estimate of drug-likeness (QED) is 0.462. The molecule has 1 unspecified atom stereocenters. The summed E-state index contributed by atoms with van der Waals surface area (Å²) in [5.41, 5.74) is 6.27. The first kappa shape index (κ1) is 15.9. The van der Waals surface area contributed by atoms with Crippen molar-refractivity contribution in [2.75, 3.05) is 13.2 Å². The number of benzene rings is 1. The smallest absolute Gasteiger partial charge is 0.323 e. The molecule has 0 heterocycles. The van der Waals surface area contributed by atoms with Crippen molar-refractivity contribution >= 4 is 11.7 Å². The lowest BCUT2D eigenvalue weighted by Crippen LogP contribution is -2.33. The van der Waals surface area contributed by atoms with Gasteiger partial charge >= 0.3 is 11.7 Å². The minimum absolute atomic E-state index is 0.101. The number of carbonyl (C=O) groups excluding carboxylic acids is 1. The zero-order valence-electron chi connectivity index (χ0n) is 11.5. The maximum atomic E-state index is 11.3. The largest absolute Gasteiger partial charge is 0.487 e. The predicted molar refractivity (Wildman–Crippen MR) is 72.6 cm³/mol. The fourth-order valence-electron chi connectivity index (χ4n) is 1.56. The molecule has 0 amide bonds. The molecule has 20 heavy (non-hydrogen) atoms. The lowest BCUT2D eigenvalue weighted by Gasteiger charge is -2.11. The molecule has 0 bridgehead atoms. The molecule has 0 aliphatic rings. The van der Waals surface area contributed by atoms with Gasteiger partial charge in [0.1, 0.15) is 6.04 Å². The highest BCUT2D eigenvalue weighted by molar-refractivity contribution is 5.75. The normalized spacial score (nSPS) is 11.8. The Labute approximate surface area is 116 Å². The van der Waals surface area contributed by atoms with Crippen molar-refractivity contribution in [2.45, 2.75) is 26.3 Å². The summed E-state index contributed by atoms with van der Waals surface area (Å²) in [5.74, 6) is -0.342. The number of ether oxygens (including phenoxy) is 2. The van der Waals surface area contributed by atoms with Crippen LogP contribution in [0.5, 0.6) is 5.75 Å². The molecule has 1 aromatic rings. The number of nitro groups is 1. The Morgan fingerprint density at radius 2 is 2.20 bits per heavy atom. The van der Waals surface area contributed by atoms with E-state index < -0.39 is 16.9 Å². The van der Waals surface area contributed by atoms with Gasteiger partial charge in [0.15, 0.2) is 5.75 Å². The van der Waals surface area contributed by atoms with Gasteiger partial charge in [0.25, 0.3) is 0 Å². The third kappa shape index (κ3) is 4.51. The van der Waals surface area contributed by atoms with E-state index >= 15 is 0 Å². The van der Waals surface area contributed by atoms with Crippen molar-refractivity contribution in [1.82, 2.24) is 0 Å². The maximum absolute atomic E-state index is 11.3. The van der Waals surface area contributed by atoms with Gasteiger partial charge in [-0.05, 0) is 25.5 Å². The summed E-state index contributed by atoms with van der Waals surface area (Å²) in [4.78, 5) is 21.7. The molecule has 0 aromatic heterocycles. The molecule has 1 rings (SSSR count). The number of nitro benzene ring substituents is 1. The number of rotatable bonds is 7. The topological polar surface area (TPSA) is 105 Å². The number of hydrogen-bond donors (Lipinski definition) is 1. The first-order valence-corrected chi connectivity index (χ1v) is 6.25. The predicted octanol–water partition coefficient (Wildman–Crippen LogP) is 1.56. The van der Waals surface area contributed by atoms with Gasteiger partial charge in [-0.1, -0.05) is 6.07 Å². The van der Waals surface area contributed by atoms with Crippen molar-refractivity contribution in [3.8, 4) is 5.75 Å². The second-order valence-electron chi connectivity index (χ2n) is 4.22. The van der Waals surface area contributed by atoms with Gasteiger partial charge in [-0.2, -0.15) is 0 Å². The van der Waals surface area contributed by atoms with Crippen molar-refractivity contribution < 1.29 is 19.2 Å². The summed E-state index contributed by atoms with van der Waals surface area (Å²) in [5, 5.41) is 10.9. The van der Waals surface area contributed by atoms with Crippen LogP contribution in [0.4, 0.5) is 5.69 Å². The van der Waals surface area contributed by atoms with Crippen molar-refractivity contribution in [3.05, 3.63) is 33.9 Å². The molecule has 1 aromatic carbocycles. The monoisotopic (exact) mass is 282 g/mol. The summed E-state index contributed by atoms with van der Waals surface area (Å²) in [7, 11) is 0. The van der Waals surface area contributed by atoms with Crippen LogP contribution in [-0.2, 0) is 9.53 Å². The second kappa shape index (κ2) is 7.44. The molecule has 7 nitrogen and oxygen atoms in total. The number of aryl methyl sites for hydroxylation is 1. The van der Waals surface area contributed by atoms with Gasteiger partial charge in [-0.15, -0.1) is 0 Å².